The average Bonchev–Trinajstić information content (AvgIpc) is 3.32. The maximum atomic E-state index is 12.2. The van der Waals surface area contributed by atoms with Crippen LogP contribution in [-0.4, -0.2) is 28.8 Å². The molecule has 0 aliphatic heterocycles. The molecule has 3 rings (SSSR count). The molecule has 1 N–H and O–H groups in total. The molecule has 0 spiro atoms. The number of nitrogens with one attached hydrogen (secondary N) is 1. The molecule has 1 aromatic rings. The molecule has 21 heavy (non-hydrogen) atoms. The predicted octanol–water partition coefficient (Wildman–Crippen LogP) is 2.73. The van der Waals surface area contributed by atoms with E-state index in [0.717, 1.165) is 12.8 Å². The first-order chi connectivity index (χ1) is 10.3. The molecule has 1 aromatic heterocycles. The van der Waals surface area contributed by atoms with E-state index in [0.29, 0.717) is 31.1 Å². The quantitative estimate of drug-likeness (QED) is 0.647. The number of rotatable bonds is 6. The van der Waals surface area contributed by atoms with Gasteiger partial charge in [0, 0.05) is 25.0 Å². The lowest BCUT2D eigenvalue weighted by Crippen LogP contribution is -2.26. The van der Waals surface area contributed by atoms with Gasteiger partial charge in [0.05, 0.1) is 12.7 Å². The highest BCUT2D eigenvalue weighted by molar-refractivity contribution is 5.31. The Morgan fingerprint density at radius 1 is 1.19 bits per heavy atom. The summed E-state index contributed by atoms with van der Waals surface area (Å²) in [6.07, 6.45) is 13.7. The van der Waals surface area contributed by atoms with Gasteiger partial charge in [-0.3, -0.25) is 4.79 Å². The van der Waals surface area contributed by atoms with Crippen LogP contribution in [0.25, 0.3) is 0 Å². The van der Waals surface area contributed by atoms with Crippen LogP contribution in [0.4, 0.5) is 5.82 Å². The van der Waals surface area contributed by atoms with E-state index >= 15 is 0 Å². The lowest BCUT2D eigenvalue weighted by Gasteiger charge is -2.15. The summed E-state index contributed by atoms with van der Waals surface area (Å²) in [4.78, 5) is 16.3. The predicted molar refractivity (Wildman–Crippen MR) is 82.7 cm³/mol. The maximum absolute atomic E-state index is 12.2. The molecule has 2 aliphatic rings. The fraction of sp³-hybridized carbons (Fsp3) is 0.750. The Bertz CT molecular complexity index is 502. The molecule has 0 saturated heterocycles. The number of ether oxygens (including phenoxy) is 1. The van der Waals surface area contributed by atoms with Crippen LogP contribution in [0.3, 0.4) is 0 Å². The summed E-state index contributed by atoms with van der Waals surface area (Å²) in [6.45, 7) is 1.29. The first-order valence-corrected chi connectivity index (χ1v) is 8.27. The van der Waals surface area contributed by atoms with Gasteiger partial charge in [0.25, 0.3) is 5.56 Å². The molecule has 116 valence electrons. The molecule has 0 unspecified atom stereocenters. The normalized spacial score (nSPS) is 20.2. The van der Waals surface area contributed by atoms with Gasteiger partial charge in [-0.15, -0.1) is 0 Å². The average molecular weight is 291 g/mol. The van der Waals surface area contributed by atoms with E-state index in [1.165, 1.54) is 38.5 Å². The second-order valence-electron chi connectivity index (χ2n) is 6.13. The number of aromatic nitrogens is 2. The van der Waals surface area contributed by atoms with Crippen molar-refractivity contribution in [1.29, 1.82) is 0 Å². The number of nitrogens with zero attached hydrogens (tertiary/aromatic N) is 2. The van der Waals surface area contributed by atoms with E-state index in [-0.39, 0.29) is 5.56 Å². The first kappa shape index (κ1) is 14.6. The topological polar surface area (TPSA) is 56.1 Å². The Morgan fingerprint density at radius 2 is 1.95 bits per heavy atom. The van der Waals surface area contributed by atoms with Gasteiger partial charge in [-0.05, 0) is 25.7 Å². The van der Waals surface area contributed by atoms with Crippen molar-refractivity contribution in [3.05, 3.63) is 22.7 Å². The van der Waals surface area contributed by atoms with Crippen molar-refractivity contribution in [3.8, 4) is 0 Å². The van der Waals surface area contributed by atoms with Crippen molar-refractivity contribution >= 4 is 5.82 Å². The Kier molecular flexibility index (Phi) is 4.91. The summed E-state index contributed by atoms with van der Waals surface area (Å²) < 4.78 is 7.71. The number of hydrogen-bond donors (Lipinski definition) is 1. The molecule has 5 nitrogen and oxygen atoms in total. The minimum atomic E-state index is -0.00512. The minimum Gasteiger partial charge on any atom is -0.376 e. The fourth-order valence-corrected chi connectivity index (χ4v) is 2.99. The van der Waals surface area contributed by atoms with Crippen LogP contribution in [0.5, 0.6) is 0 Å². The van der Waals surface area contributed by atoms with Crippen LogP contribution >= 0.6 is 0 Å². The van der Waals surface area contributed by atoms with Crippen molar-refractivity contribution < 1.29 is 4.74 Å². The van der Waals surface area contributed by atoms with Crippen LogP contribution in [0.15, 0.2) is 17.2 Å². The summed E-state index contributed by atoms with van der Waals surface area (Å²) in [7, 11) is 0. The fourth-order valence-electron chi connectivity index (χ4n) is 2.99. The second-order valence-corrected chi connectivity index (χ2v) is 6.13. The Labute approximate surface area is 125 Å². The molecular formula is C16H25N3O2. The van der Waals surface area contributed by atoms with Crippen LogP contribution < -0.4 is 10.9 Å². The summed E-state index contributed by atoms with van der Waals surface area (Å²) in [5.41, 5.74) is -0.00512. The molecule has 0 amide bonds. The monoisotopic (exact) mass is 291 g/mol. The highest BCUT2D eigenvalue weighted by Gasteiger charge is 2.25. The minimum absolute atomic E-state index is 0.00512. The van der Waals surface area contributed by atoms with Gasteiger partial charge >= 0.3 is 0 Å². The summed E-state index contributed by atoms with van der Waals surface area (Å²) in [5.74, 6) is 0.453. The molecular weight excluding hydrogens is 266 g/mol. The third-order valence-corrected chi connectivity index (χ3v) is 4.36. The lowest BCUT2D eigenvalue weighted by atomic mass is 10.1. The van der Waals surface area contributed by atoms with E-state index in [9.17, 15) is 4.79 Å². The molecule has 5 heteroatoms. The zero-order valence-corrected chi connectivity index (χ0v) is 12.6. The highest BCUT2D eigenvalue weighted by Crippen LogP contribution is 2.33. The molecule has 2 fully saturated rings. The van der Waals surface area contributed by atoms with Crippen molar-refractivity contribution in [2.75, 3.05) is 18.5 Å². The molecule has 0 radical (unpaired) electrons. The Balaban J connectivity index is 1.45. The zero-order chi connectivity index (χ0) is 14.5. The molecule has 1 heterocycles. The molecule has 2 saturated carbocycles. The molecule has 0 aromatic carbocycles. The summed E-state index contributed by atoms with van der Waals surface area (Å²) in [5, 5.41) is 3.12. The van der Waals surface area contributed by atoms with E-state index in [1.807, 2.05) is 0 Å². The van der Waals surface area contributed by atoms with Crippen molar-refractivity contribution in [2.45, 2.75) is 63.5 Å². The third kappa shape index (κ3) is 4.06. The standard InChI is InChI=1S/C16H25N3O2/c20-16-15(17-9-11-19(16)13-7-8-13)18-10-12-21-14-5-3-1-2-4-6-14/h9,11,13-14H,1-8,10,12H2,(H,17,18). The Hall–Kier alpha value is -1.36. The van der Waals surface area contributed by atoms with Crippen molar-refractivity contribution in [3.63, 3.8) is 0 Å². The third-order valence-electron chi connectivity index (χ3n) is 4.36. The second kappa shape index (κ2) is 7.07. The largest absolute Gasteiger partial charge is 0.376 e. The van der Waals surface area contributed by atoms with Gasteiger partial charge in [-0.2, -0.15) is 0 Å². The van der Waals surface area contributed by atoms with Crippen molar-refractivity contribution in [1.82, 2.24) is 9.55 Å². The van der Waals surface area contributed by atoms with Gasteiger partial charge in [0.1, 0.15) is 0 Å². The van der Waals surface area contributed by atoms with Gasteiger partial charge in [-0.25, -0.2) is 4.98 Å². The van der Waals surface area contributed by atoms with Crippen LogP contribution in [0, 0.1) is 0 Å². The Morgan fingerprint density at radius 3 is 2.67 bits per heavy atom. The van der Waals surface area contributed by atoms with E-state index in [2.05, 4.69) is 10.3 Å². The van der Waals surface area contributed by atoms with Gasteiger partial charge in [0.2, 0.25) is 0 Å². The maximum Gasteiger partial charge on any atom is 0.293 e. The number of anilines is 1. The summed E-state index contributed by atoms with van der Waals surface area (Å²) in [6, 6.07) is 0.392. The molecule has 0 atom stereocenters. The van der Waals surface area contributed by atoms with Gasteiger partial charge < -0.3 is 14.6 Å². The smallest absolute Gasteiger partial charge is 0.293 e. The van der Waals surface area contributed by atoms with Crippen molar-refractivity contribution in [2.24, 2.45) is 0 Å². The van der Waals surface area contributed by atoms with Crippen LogP contribution in [-0.2, 0) is 4.74 Å². The van der Waals surface area contributed by atoms with E-state index in [1.54, 1.807) is 17.0 Å². The van der Waals surface area contributed by atoms with Crippen LogP contribution in [0.2, 0.25) is 0 Å². The molecule has 0 bridgehead atoms. The number of hydrogen-bond acceptors (Lipinski definition) is 4. The van der Waals surface area contributed by atoms with E-state index in [4.69, 9.17) is 4.74 Å². The zero-order valence-electron chi connectivity index (χ0n) is 12.6. The van der Waals surface area contributed by atoms with Gasteiger partial charge in [0.15, 0.2) is 5.82 Å². The SMILES string of the molecule is O=c1c(NCCOC2CCCCCC2)nccn1C1CC1. The van der Waals surface area contributed by atoms with E-state index < -0.39 is 0 Å². The molecule has 2 aliphatic carbocycles. The highest BCUT2D eigenvalue weighted by atomic mass is 16.5. The van der Waals surface area contributed by atoms with Crippen LogP contribution in [0.1, 0.15) is 57.4 Å². The first-order valence-electron chi connectivity index (χ1n) is 8.27. The lowest BCUT2D eigenvalue weighted by molar-refractivity contribution is 0.0501. The summed E-state index contributed by atoms with van der Waals surface area (Å²) >= 11 is 0. The van der Waals surface area contributed by atoms with Gasteiger partial charge in [-0.1, -0.05) is 25.7 Å².